The molecule has 142 valence electrons. The van der Waals surface area contributed by atoms with E-state index >= 15 is 0 Å². The number of hydrogen-bond donors (Lipinski definition) is 2. The first-order valence-corrected chi connectivity index (χ1v) is 8.49. The molecule has 2 N–H and O–H groups in total. The SMILES string of the molecule is COc1ccc(CCNC(=O)C(=O)N/N=C\c2ccc(Cl)cc2)cc1OC. The van der Waals surface area contributed by atoms with Crippen LogP contribution in [0.1, 0.15) is 11.1 Å². The van der Waals surface area contributed by atoms with Gasteiger partial charge in [-0.25, -0.2) is 5.43 Å². The summed E-state index contributed by atoms with van der Waals surface area (Å²) in [6.07, 6.45) is 1.96. The first-order valence-electron chi connectivity index (χ1n) is 8.11. The molecule has 7 nitrogen and oxygen atoms in total. The van der Waals surface area contributed by atoms with E-state index in [0.29, 0.717) is 29.5 Å². The van der Waals surface area contributed by atoms with Gasteiger partial charge in [-0.15, -0.1) is 0 Å². The van der Waals surface area contributed by atoms with Crippen LogP contribution in [-0.2, 0) is 16.0 Å². The highest BCUT2D eigenvalue weighted by Crippen LogP contribution is 2.27. The number of ether oxygens (including phenoxy) is 2. The highest BCUT2D eigenvalue weighted by atomic mass is 35.5. The molecule has 0 saturated heterocycles. The van der Waals surface area contributed by atoms with Gasteiger partial charge >= 0.3 is 11.8 Å². The normalized spacial score (nSPS) is 10.5. The van der Waals surface area contributed by atoms with Gasteiger partial charge in [0.05, 0.1) is 20.4 Å². The monoisotopic (exact) mass is 389 g/mol. The van der Waals surface area contributed by atoms with Crippen LogP contribution in [0.15, 0.2) is 47.6 Å². The zero-order chi connectivity index (χ0) is 19.6. The van der Waals surface area contributed by atoms with Crippen LogP contribution in [0.2, 0.25) is 5.02 Å². The Morgan fingerprint density at radius 3 is 2.41 bits per heavy atom. The molecular weight excluding hydrogens is 370 g/mol. The largest absolute Gasteiger partial charge is 0.493 e. The summed E-state index contributed by atoms with van der Waals surface area (Å²) < 4.78 is 10.4. The van der Waals surface area contributed by atoms with Crippen LogP contribution in [0, 0.1) is 0 Å². The van der Waals surface area contributed by atoms with Gasteiger partial charge in [0.2, 0.25) is 0 Å². The summed E-state index contributed by atoms with van der Waals surface area (Å²) >= 11 is 5.78. The third-order valence-corrected chi connectivity index (χ3v) is 3.86. The van der Waals surface area contributed by atoms with Crippen molar-refractivity contribution in [1.29, 1.82) is 0 Å². The summed E-state index contributed by atoms with van der Waals surface area (Å²) in [6.45, 7) is 0.294. The lowest BCUT2D eigenvalue weighted by Gasteiger charge is -2.10. The van der Waals surface area contributed by atoms with Crippen LogP contribution in [0.25, 0.3) is 0 Å². The number of nitrogens with zero attached hydrogens (tertiary/aromatic N) is 1. The van der Waals surface area contributed by atoms with Crippen molar-refractivity contribution in [3.05, 3.63) is 58.6 Å². The van der Waals surface area contributed by atoms with Gasteiger partial charge in [0.15, 0.2) is 11.5 Å². The molecule has 0 aliphatic rings. The second-order valence-electron chi connectivity index (χ2n) is 5.45. The fourth-order valence-electron chi connectivity index (χ4n) is 2.20. The Bertz CT molecular complexity index is 822. The number of amides is 2. The Balaban J connectivity index is 1.78. The molecule has 0 unspecified atom stereocenters. The van der Waals surface area contributed by atoms with Crippen molar-refractivity contribution in [2.45, 2.75) is 6.42 Å². The lowest BCUT2D eigenvalue weighted by atomic mass is 10.1. The number of benzene rings is 2. The van der Waals surface area contributed by atoms with Crippen molar-refractivity contribution in [3.8, 4) is 11.5 Å². The van der Waals surface area contributed by atoms with Gasteiger partial charge < -0.3 is 14.8 Å². The number of methoxy groups -OCH3 is 2. The van der Waals surface area contributed by atoms with Crippen LogP contribution >= 0.6 is 11.6 Å². The van der Waals surface area contributed by atoms with Crippen molar-refractivity contribution >= 4 is 29.6 Å². The zero-order valence-corrected chi connectivity index (χ0v) is 15.7. The Kier molecular flexibility index (Phi) is 7.63. The number of carbonyl (C=O) groups is 2. The minimum Gasteiger partial charge on any atom is -0.493 e. The molecule has 0 radical (unpaired) electrons. The zero-order valence-electron chi connectivity index (χ0n) is 15.0. The van der Waals surface area contributed by atoms with E-state index < -0.39 is 11.8 Å². The van der Waals surface area contributed by atoms with Crippen LogP contribution < -0.4 is 20.2 Å². The average molecular weight is 390 g/mol. The second kappa shape index (κ2) is 10.2. The molecule has 8 heteroatoms. The van der Waals surface area contributed by atoms with E-state index in [9.17, 15) is 9.59 Å². The van der Waals surface area contributed by atoms with E-state index in [1.54, 1.807) is 44.6 Å². The van der Waals surface area contributed by atoms with E-state index in [1.165, 1.54) is 6.21 Å². The van der Waals surface area contributed by atoms with Gasteiger partial charge in [-0.2, -0.15) is 5.10 Å². The van der Waals surface area contributed by atoms with Gasteiger partial charge in [0.25, 0.3) is 0 Å². The topological polar surface area (TPSA) is 89.0 Å². The van der Waals surface area contributed by atoms with Crippen molar-refractivity contribution < 1.29 is 19.1 Å². The van der Waals surface area contributed by atoms with Gasteiger partial charge in [0.1, 0.15) is 0 Å². The van der Waals surface area contributed by atoms with E-state index in [-0.39, 0.29) is 0 Å². The lowest BCUT2D eigenvalue weighted by Crippen LogP contribution is -2.38. The summed E-state index contributed by atoms with van der Waals surface area (Å²) in [5.41, 5.74) is 3.86. The van der Waals surface area contributed by atoms with E-state index in [1.807, 2.05) is 12.1 Å². The molecule has 27 heavy (non-hydrogen) atoms. The van der Waals surface area contributed by atoms with Crippen molar-refractivity contribution in [3.63, 3.8) is 0 Å². The predicted octanol–water partition coefficient (Wildman–Crippen LogP) is 2.17. The Hall–Kier alpha value is -3.06. The fourth-order valence-corrected chi connectivity index (χ4v) is 2.33. The summed E-state index contributed by atoms with van der Waals surface area (Å²) in [5.74, 6) is -0.366. The number of halogens is 1. The third-order valence-electron chi connectivity index (χ3n) is 3.60. The molecule has 0 spiro atoms. The maximum Gasteiger partial charge on any atom is 0.329 e. The number of carbonyl (C=O) groups excluding carboxylic acids is 2. The summed E-state index contributed by atoms with van der Waals surface area (Å²) in [6, 6.07) is 12.3. The highest BCUT2D eigenvalue weighted by molar-refractivity contribution is 6.35. The molecular formula is C19H20ClN3O4. The first-order chi connectivity index (χ1) is 13.0. The number of rotatable bonds is 7. The number of hydrazone groups is 1. The van der Waals surface area contributed by atoms with Gasteiger partial charge in [-0.3, -0.25) is 9.59 Å². The molecule has 0 atom stereocenters. The minimum atomic E-state index is -0.840. The second-order valence-corrected chi connectivity index (χ2v) is 5.88. The summed E-state index contributed by atoms with van der Waals surface area (Å²) in [5, 5.41) is 6.88. The van der Waals surface area contributed by atoms with Crippen LogP contribution in [0.4, 0.5) is 0 Å². The molecule has 0 fully saturated rings. The lowest BCUT2D eigenvalue weighted by molar-refractivity contribution is -0.139. The van der Waals surface area contributed by atoms with Gasteiger partial charge in [-0.05, 0) is 41.8 Å². The van der Waals surface area contributed by atoms with Gasteiger partial charge in [-0.1, -0.05) is 29.8 Å². The number of hydrogen-bond acceptors (Lipinski definition) is 5. The van der Waals surface area contributed by atoms with Crippen molar-refractivity contribution in [1.82, 2.24) is 10.7 Å². The molecule has 0 bridgehead atoms. The quantitative estimate of drug-likeness (QED) is 0.431. The summed E-state index contributed by atoms with van der Waals surface area (Å²) in [7, 11) is 3.12. The average Bonchev–Trinajstić information content (AvgIpc) is 2.69. The van der Waals surface area contributed by atoms with Crippen LogP contribution in [0.3, 0.4) is 0 Å². The van der Waals surface area contributed by atoms with Crippen LogP contribution in [0.5, 0.6) is 11.5 Å². The summed E-state index contributed by atoms with van der Waals surface area (Å²) in [4.78, 5) is 23.5. The Labute approximate surface area is 162 Å². The molecule has 0 aliphatic heterocycles. The Morgan fingerprint density at radius 2 is 1.74 bits per heavy atom. The van der Waals surface area contributed by atoms with Crippen molar-refractivity contribution in [2.75, 3.05) is 20.8 Å². The molecule has 2 aromatic carbocycles. The first kappa shape index (κ1) is 20.3. The standard InChI is InChI=1S/C19H20ClN3O4/c1-26-16-8-5-13(11-17(16)27-2)9-10-21-18(24)19(25)23-22-12-14-3-6-15(20)7-4-14/h3-8,11-12H,9-10H2,1-2H3,(H,21,24)(H,23,25)/b22-12-. The minimum absolute atomic E-state index is 0.294. The molecule has 0 aliphatic carbocycles. The van der Waals surface area contributed by atoms with E-state index in [0.717, 1.165) is 11.1 Å². The predicted molar refractivity (Wildman–Crippen MR) is 103 cm³/mol. The molecule has 0 heterocycles. The van der Waals surface area contributed by atoms with Crippen molar-refractivity contribution in [2.24, 2.45) is 5.10 Å². The fraction of sp³-hybridized carbons (Fsp3) is 0.211. The smallest absolute Gasteiger partial charge is 0.329 e. The molecule has 2 aromatic rings. The van der Waals surface area contributed by atoms with Crippen LogP contribution in [-0.4, -0.2) is 38.8 Å². The number of nitrogens with one attached hydrogen (secondary N) is 2. The maximum absolute atomic E-state index is 11.8. The Morgan fingerprint density at radius 1 is 1.04 bits per heavy atom. The maximum atomic E-state index is 11.8. The molecule has 0 aromatic heterocycles. The highest BCUT2D eigenvalue weighted by Gasteiger charge is 2.12. The third kappa shape index (κ3) is 6.31. The molecule has 2 rings (SSSR count). The van der Waals surface area contributed by atoms with E-state index in [2.05, 4.69) is 15.8 Å². The molecule has 2 amide bonds. The van der Waals surface area contributed by atoms with E-state index in [4.69, 9.17) is 21.1 Å². The molecule has 0 saturated carbocycles. The van der Waals surface area contributed by atoms with Gasteiger partial charge in [0, 0.05) is 11.6 Å².